The highest BCUT2D eigenvalue weighted by Gasteiger charge is 2.52. The second-order valence-corrected chi connectivity index (χ2v) is 15.4. The van der Waals surface area contributed by atoms with Crippen LogP contribution in [0.5, 0.6) is 11.5 Å². The van der Waals surface area contributed by atoms with Crippen LogP contribution in [-0.4, -0.2) is 82.0 Å². The molecule has 0 bridgehead atoms. The van der Waals surface area contributed by atoms with Crippen LogP contribution in [-0.2, 0) is 28.9 Å². The zero-order chi connectivity index (χ0) is 41.4. The largest absolute Gasteiger partial charge is 0.497 e. The van der Waals surface area contributed by atoms with Crippen molar-refractivity contribution in [1.29, 1.82) is 5.26 Å². The molecular formula is C42H50N7O8P. The van der Waals surface area contributed by atoms with Gasteiger partial charge in [0.25, 0.3) is 14.1 Å². The Hall–Kier alpha value is -5.33. The van der Waals surface area contributed by atoms with Gasteiger partial charge in [0.15, 0.2) is 23.5 Å². The first-order valence-electron chi connectivity index (χ1n) is 18.9. The topological polar surface area (TPSA) is 181 Å². The molecule has 3 heterocycles. The first-order chi connectivity index (χ1) is 28.1. The highest BCUT2D eigenvalue weighted by Crippen LogP contribution is 2.51. The van der Waals surface area contributed by atoms with Gasteiger partial charge in [-0.2, -0.15) is 10.2 Å². The number of nitrogens with one attached hydrogen (secondary N) is 1. The van der Waals surface area contributed by atoms with E-state index in [1.165, 1.54) is 12.6 Å². The van der Waals surface area contributed by atoms with Gasteiger partial charge in [-0.05, 0) is 68.7 Å². The molecule has 5 aromatic rings. The van der Waals surface area contributed by atoms with Crippen LogP contribution in [0.1, 0.15) is 57.0 Å². The number of nitriles is 1. The Morgan fingerprint density at radius 3 is 2.14 bits per heavy atom. The van der Waals surface area contributed by atoms with Crippen LogP contribution in [0, 0.1) is 11.3 Å². The quantitative estimate of drug-likeness (QED) is 0.0384. The summed E-state index contributed by atoms with van der Waals surface area (Å²) in [5.74, 6) is 1.28. The van der Waals surface area contributed by atoms with E-state index < -0.39 is 44.2 Å². The van der Waals surface area contributed by atoms with Crippen LogP contribution in [0.25, 0.3) is 11.2 Å². The molecule has 5 atom stereocenters. The Bertz CT molecular complexity index is 2150. The molecule has 0 amide bonds. The predicted molar refractivity (Wildman–Crippen MR) is 220 cm³/mol. The van der Waals surface area contributed by atoms with E-state index >= 15 is 0 Å². The molecule has 3 N–H and O–H groups in total. The van der Waals surface area contributed by atoms with Crippen LogP contribution in [0.2, 0.25) is 0 Å². The minimum absolute atomic E-state index is 0.00663. The molecule has 1 aliphatic rings. The minimum Gasteiger partial charge on any atom is -0.497 e. The third-order valence-electron chi connectivity index (χ3n) is 9.78. The average Bonchev–Trinajstić information content (AvgIpc) is 3.79. The number of methoxy groups -OCH3 is 2. The van der Waals surface area contributed by atoms with Crippen molar-refractivity contribution >= 4 is 25.6 Å². The van der Waals surface area contributed by atoms with Crippen LogP contribution >= 0.6 is 8.53 Å². The highest BCUT2D eigenvalue weighted by atomic mass is 31.2. The lowest BCUT2D eigenvalue weighted by molar-refractivity contribution is -0.0930. The molecule has 16 heteroatoms. The standard InChI is InChI=1S/C42H50N7O8P/c1-8-53-37-36(57-58(55-24-12-23-43)49(27(2)3)28(4)5)34(56-40(37)48-26-45-35-38(48)46-41(44)47-39(35)50)25-54-42(29-13-10-9-11-14-29,30-15-19-32(51-6)20-16-30)31-17-21-33(52-7)22-18-31/h8-11,13-22,26-28,34,36-37,40H,1,12,24-25H2,2-7H3,(H3,44,46,47,50)/t34-,36-,37-,40-,58?/m1/s1. The summed E-state index contributed by atoms with van der Waals surface area (Å²) >= 11 is 0. The van der Waals surface area contributed by atoms with Crippen LogP contribution < -0.4 is 20.8 Å². The zero-order valence-corrected chi connectivity index (χ0v) is 34.4. The molecule has 1 aliphatic heterocycles. The number of rotatable bonds is 19. The van der Waals surface area contributed by atoms with Crippen molar-refractivity contribution < 1.29 is 32.7 Å². The molecule has 6 rings (SSSR count). The van der Waals surface area contributed by atoms with Gasteiger partial charge in [0, 0.05) is 12.1 Å². The fraction of sp³-hybridized carbons (Fsp3) is 0.381. The molecule has 1 unspecified atom stereocenters. The maximum absolute atomic E-state index is 12.9. The van der Waals surface area contributed by atoms with Crippen LogP contribution in [0.3, 0.4) is 0 Å². The van der Waals surface area contributed by atoms with Crippen molar-refractivity contribution in [3.63, 3.8) is 0 Å². The number of nitrogens with two attached hydrogens (primary N) is 1. The van der Waals surface area contributed by atoms with Crippen molar-refractivity contribution in [2.75, 3.05) is 33.2 Å². The Morgan fingerprint density at radius 1 is 0.983 bits per heavy atom. The lowest BCUT2D eigenvalue weighted by Gasteiger charge is -2.39. The molecule has 58 heavy (non-hydrogen) atoms. The Balaban J connectivity index is 1.51. The van der Waals surface area contributed by atoms with E-state index in [0.29, 0.717) is 11.5 Å². The van der Waals surface area contributed by atoms with E-state index in [1.54, 1.807) is 18.8 Å². The predicted octanol–water partition coefficient (Wildman–Crippen LogP) is 6.81. The summed E-state index contributed by atoms with van der Waals surface area (Å²) in [7, 11) is 1.44. The van der Waals surface area contributed by atoms with Gasteiger partial charge in [-0.15, -0.1) is 0 Å². The van der Waals surface area contributed by atoms with Gasteiger partial charge >= 0.3 is 0 Å². The highest BCUT2D eigenvalue weighted by molar-refractivity contribution is 7.44. The van der Waals surface area contributed by atoms with Crippen molar-refractivity contribution in [3.8, 4) is 17.6 Å². The van der Waals surface area contributed by atoms with Crippen molar-refractivity contribution in [1.82, 2.24) is 24.2 Å². The van der Waals surface area contributed by atoms with E-state index in [9.17, 15) is 10.1 Å². The normalized spacial score (nSPS) is 18.8. The van der Waals surface area contributed by atoms with Crippen molar-refractivity contribution in [3.05, 3.63) is 125 Å². The molecule has 306 valence electrons. The number of nitrogen functional groups attached to an aromatic ring is 1. The fourth-order valence-corrected chi connectivity index (χ4v) is 9.03. The summed E-state index contributed by atoms with van der Waals surface area (Å²) in [6.07, 6.45) is -0.596. The third kappa shape index (κ3) is 8.73. The van der Waals surface area contributed by atoms with Crippen LogP contribution in [0.15, 0.2) is 103 Å². The summed E-state index contributed by atoms with van der Waals surface area (Å²) in [5.41, 5.74) is 7.08. The number of ether oxygens (including phenoxy) is 5. The van der Waals surface area contributed by atoms with E-state index in [2.05, 4.69) is 60.0 Å². The summed E-state index contributed by atoms with van der Waals surface area (Å²) in [6.45, 7) is 12.2. The van der Waals surface area contributed by atoms with E-state index in [-0.39, 0.29) is 48.8 Å². The zero-order valence-electron chi connectivity index (χ0n) is 33.5. The molecule has 2 aromatic heterocycles. The number of hydrogen-bond donors (Lipinski definition) is 2. The molecule has 0 radical (unpaired) electrons. The number of hydrogen-bond acceptors (Lipinski definition) is 13. The number of aromatic nitrogens is 4. The Morgan fingerprint density at radius 2 is 1.59 bits per heavy atom. The van der Waals surface area contributed by atoms with Gasteiger partial charge in [0.2, 0.25) is 5.95 Å². The third-order valence-corrected chi connectivity index (χ3v) is 11.9. The van der Waals surface area contributed by atoms with Crippen molar-refractivity contribution in [2.45, 2.75) is 76.3 Å². The van der Waals surface area contributed by atoms with E-state index in [4.69, 9.17) is 38.5 Å². The second-order valence-electron chi connectivity index (χ2n) is 14.0. The van der Waals surface area contributed by atoms with Gasteiger partial charge in [0.05, 0.1) is 52.5 Å². The summed E-state index contributed by atoms with van der Waals surface area (Å²) < 4.78 is 48.8. The Kier molecular flexibility index (Phi) is 13.8. The molecule has 0 saturated carbocycles. The van der Waals surface area contributed by atoms with Gasteiger partial charge in [-0.25, -0.2) is 9.65 Å². The number of nitrogens with zero attached hydrogens (tertiary/aromatic N) is 5. The molecule has 15 nitrogen and oxygen atoms in total. The first kappa shape index (κ1) is 42.3. The number of aromatic amines is 1. The van der Waals surface area contributed by atoms with Gasteiger partial charge in [-0.1, -0.05) is 61.2 Å². The molecule has 1 fully saturated rings. The smallest absolute Gasteiger partial charge is 0.280 e. The van der Waals surface area contributed by atoms with E-state index in [1.807, 2.05) is 78.9 Å². The number of anilines is 1. The maximum Gasteiger partial charge on any atom is 0.280 e. The molecular weight excluding hydrogens is 761 g/mol. The van der Waals surface area contributed by atoms with Gasteiger partial charge in [0.1, 0.15) is 29.3 Å². The summed E-state index contributed by atoms with van der Waals surface area (Å²) in [4.78, 5) is 24.2. The fourth-order valence-electron chi connectivity index (χ4n) is 7.26. The Labute approximate surface area is 339 Å². The average molecular weight is 812 g/mol. The molecule has 3 aromatic carbocycles. The number of benzene rings is 3. The number of H-pyrrole nitrogens is 1. The summed E-state index contributed by atoms with van der Waals surface area (Å²) in [5, 5.41) is 9.42. The van der Waals surface area contributed by atoms with Gasteiger partial charge < -0.3 is 38.5 Å². The van der Waals surface area contributed by atoms with Crippen molar-refractivity contribution in [2.24, 2.45) is 0 Å². The molecule has 0 aliphatic carbocycles. The molecule has 0 spiro atoms. The maximum atomic E-state index is 12.9. The number of imidazole rings is 1. The summed E-state index contributed by atoms with van der Waals surface area (Å²) in [6, 6.07) is 27.6. The number of fused-ring (bicyclic) bond motifs is 1. The van der Waals surface area contributed by atoms with E-state index in [0.717, 1.165) is 16.7 Å². The monoisotopic (exact) mass is 811 g/mol. The second kappa shape index (κ2) is 18.9. The lowest BCUT2D eigenvalue weighted by atomic mass is 9.80. The van der Waals surface area contributed by atoms with Gasteiger partial charge in [-0.3, -0.25) is 14.3 Å². The SMILES string of the molecule is C=CO[C@@H]1[C@H](OP(OCCC#N)N(C(C)C)C(C)C)[C@@H](COC(c2ccccc2)(c2ccc(OC)cc2)c2ccc(OC)cc2)O[C@H]1n1cnc2c(=O)[nH]c(N)nc21. The van der Waals surface area contributed by atoms with Crippen LogP contribution in [0.4, 0.5) is 5.95 Å². The minimum atomic E-state index is -1.80. The first-order valence-corrected chi connectivity index (χ1v) is 20.1. The molecule has 1 saturated heterocycles. The lowest BCUT2D eigenvalue weighted by Crippen LogP contribution is -2.42.